The Morgan fingerprint density at radius 3 is 2.83 bits per heavy atom. The molecule has 1 saturated heterocycles. The van der Waals surface area contributed by atoms with Gasteiger partial charge in [0.2, 0.25) is 0 Å². The van der Waals surface area contributed by atoms with Crippen LogP contribution in [-0.4, -0.2) is 37.7 Å². The second kappa shape index (κ2) is 5.83. The SMILES string of the molecule is COCCN1CCC(N)C1c1ccc(C)cc1C. The monoisotopic (exact) mass is 248 g/mol. The lowest BCUT2D eigenvalue weighted by atomic mass is 9.95. The minimum atomic E-state index is 0.239. The van der Waals surface area contributed by atoms with E-state index < -0.39 is 0 Å². The third kappa shape index (κ3) is 2.74. The molecule has 0 radical (unpaired) electrons. The third-order valence-electron chi connectivity index (χ3n) is 3.88. The Kier molecular flexibility index (Phi) is 4.38. The highest BCUT2D eigenvalue weighted by atomic mass is 16.5. The average Bonchev–Trinajstić information content (AvgIpc) is 2.68. The first-order valence-corrected chi connectivity index (χ1v) is 6.69. The van der Waals surface area contributed by atoms with Crippen molar-refractivity contribution in [2.75, 3.05) is 26.8 Å². The van der Waals surface area contributed by atoms with Crippen molar-refractivity contribution in [3.63, 3.8) is 0 Å². The van der Waals surface area contributed by atoms with E-state index >= 15 is 0 Å². The molecular weight excluding hydrogens is 224 g/mol. The molecule has 0 spiro atoms. The zero-order chi connectivity index (χ0) is 13.1. The molecule has 2 unspecified atom stereocenters. The maximum absolute atomic E-state index is 6.30. The van der Waals surface area contributed by atoms with Gasteiger partial charge < -0.3 is 10.5 Å². The Balaban J connectivity index is 2.22. The molecule has 1 aliphatic rings. The molecule has 0 aromatic heterocycles. The predicted molar refractivity (Wildman–Crippen MR) is 74.7 cm³/mol. The van der Waals surface area contributed by atoms with Crippen molar-refractivity contribution >= 4 is 0 Å². The highest BCUT2D eigenvalue weighted by molar-refractivity contribution is 5.34. The lowest BCUT2D eigenvalue weighted by molar-refractivity contribution is 0.139. The van der Waals surface area contributed by atoms with Crippen LogP contribution in [0.5, 0.6) is 0 Å². The fourth-order valence-corrected chi connectivity index (χ4v) is 2.93. The van der Waals surface area contributed by atoms with E-state index in [-0.39, 0.29) is 6.04 Å². The first-order chi connectivity index (χ1) is 8.63. The summed E-state index contributed by atoms with van der Waals surface area (Å²) in [7, 11) is 1.75. The number of likely N-dealkylation sites (tertiary alicyclic amines) is 1. The molecule has 1 aliphatic heterocycles. The van der Waals surface area contributed by atoms with Crippen molar-refractivity contribution < 1.29 is 4.74 Å². The van der Waals surface area contributed by atoms with Gasteiger partial charge in [-0.3, -0.25) is 4.90 Å². The van der Waals surface area contributed by atoms with E-state index in [0.29, 0.717) is 6.04 Å². The van der Waals surface area contributed by atoms with Crippen molar-refractivity contribution in [1.29, 1.82) is 0 Å². The number of aryl methyl sites for hydroxylation is 2. The summed E-state index contributed by atoms with van der Waals surface area (Å²) in [5, 5.41) is 0. The Morgan fingerprint density at radius 2 is 2.17 bits per heavy atom. The highest BCUT2D eigenvalue weighted by Gasteiger charge is 2.33. The molecule has 0 amide bonds. The van der Waals surface area contributed by atoms with Gasteiger partial charge in [0.05, 0.1) is 12.6 Å². The second-order valence-corrected chi connectivity index (χ2v) is 5.29. The lowest BCUT2D eigenvalue weighted by Gasteiger charge is -2.28. The number of nitrogens with zero attached hydrogens (tertiary/aromatic N) is 1. The zero-order valence-electron chi connectivity index (χ0n) is 11.6. The van der Waals surface area contributed by atoms with E-state index in [9.17, 15) is 0 Å². The van der Waals surface area contributed by atoms with E-state index in [1.54, 1.807) is 7.11 Å². The second-order valence-electron chi connectivity index (χ2n) is 5.29. The molecule has 2 rings (SSSR count). The molecule has 2 atom stereocenters. The van der Waals surface area contributed by atoms with Gasteiger partial charge in [-0.2, -0.15) is 0 Å². The molecule has 0 aliphatic carbocycles. The predicted octanol–water partition coefficient (Wildman–Crippen LogP) is 2.02. The first kappa shape index (κ1) is 13.5. The molecule has 1 heterocycles. The van der Waals surface area contributed by atoms with Gasteiger partial charge in [-0.15, -0.1) is 0 Å². The van der Waals surface area contributed by atoms with Crippen LogP contribution in [0.15, 0.2) is 18.2 Å². The van der Waals surface area contributed by atoms with Crippen LogP contribution in [0.3, 0.4) is 0 Å². The van der Waals surface area contributed by atoms with Crippen LogP contribution >= 0.6 is 0 Å². The standard InChI is InChI=1S/C15H24N2O/c1-11-4-5-13(12(2)10-11)15-14(16)6-7-17(15)8-9-18-3/h4-5,10,14-15H,6-9,16H2,1-3H3. The smallest absolute Gasteiger partial charge is 0.0589 e. The summed E-state index contributed by atoms with van der Waals surface area (Å²) in [6.45, 7) is 7.12. The summed E-state index contributed by atoms with van der Waals surface area (Å²) >= 11 is 0. The van der Waals surface area contributed by atoms with Gasteiger partial charge in [0.15, 0.2) is 0 Å². The zero-order valence-corrected chi connectivity index (χ0v) is 11.6. The average molecular weight is 248 g/mol. The molecule has 3 nitrogen and oxygen atoms in total. The molecule has 1 aromatic rings. The molecule has 3 heteroatoms. The number of hydrogen-bond acceptors (Lipinski definition) is 3. The first-order valence-electron chi connectivity index (χ1n) is 6.69. The molecule has 100 valence electrons. The van der Waals surface area contributed by atoms with Crippen LogP contribution in [0.1, 0.15) is 29.2 Å². The molecule has 1 aromatic carbocycles. The summed E-state index contributed by atoms with van der Waals surface area (Å²) in [6, 6.07) is 7.25. The summed E-state index contributed by atoms with van der Waals surface area (Å²) in [6.07, 6.45) is 1.07. The summed E-state index contributed by atoms with van der Waals surface area (Å²) < 4.78 is 5.19. The van der Waals surface area contributed by atoms with Gasteiger partial charge in [0.1, 0.15) is 0 Å². The third-order valence-corrected chi connectivity index (χ3v) is 3.88. The van der Waals surface area contributed by atoms with Crippen molar-refractivity contribution in [2.45, 2.75) is 32.4 Å². The van der Waals surface area contributed by atoms with E-state index in [4.69, 9.17) is 10.5 Å². The Bertz CT molecular complexity index is 405. The van der Waals surface area contributed by atoms with Crippen LogP contribution in [0, 0.1) is 13.8 Å². The van der Waals surface area contributed by atoms with Crippen molar-refractivity contribution in [1.82, 2.24) is 4.90 Å². The van der Waals surface area contributed by atoms with Crippen LogP contribution in [0.2, 0.25) is 0 Å². The molecular formula is C15H24N2O. The van der Waals surface area contributed by atoms with Gasteiger partial charge in [-0.25, -0.2) is 0 Å². The highest BCUT2D eigenvalue weighted by Crippen LogP contribution is 2.32. The minimum Gasteiger partial charge on any atom is -0.383 e. The molecule has 0 saturated carbocycles. The van der Waals surface area contributed by atoms with Gasteiger partial charge >= 0.3 is 0 Å². The van der Waals surface area contributed by atoms with E-state index in [2.05, 4.69) is 36.9 Å². The molecule has 18 heavy (non-hydrogen) atoms. The van der Waals surface area contributed by atoms with Gasteiger partial charge in [-0.05, 0) is 31.4 Å². The van der Waals surface area contributed by atoms with Gasteiger partial charge in [0.25, 0.3) is 0 Å². The van der Waals surface area contributed by atoms with E-state index in [1.807, 2.05) is 0 Å². The Labute approximate surface area is 110 Å². The van der Waals surface area contributed by atoms with Crippen molar-refractivity contribution in [3.05, 3.63) is 34.9 Å². The number of rotatable bonds is 4. The van der Waals surface area contributed by atoms with E-state index in [0.717, 1.165) is 26.1 Å². The number of hydrogen-bond donors (Lipinski definition) is 1. The maximum atomic E-state index is 6.30. The number of benzene rings is 1. The summed E-state index contributed by atoms with van der Waals surface area (Å²) in [5.74, 6) is 0. The normalized spacial score (nSPS) is 24.7. The Morgan fingerprint density at radius 1 is 1.39 bits per heavy atom. The summed E-state index contributed by atoms with van der Waals surface area (Å²) in [5.41, 5.74) is 10.3. The fraction of sp³-hybridized carbons (Fsp3) is 0.600. The quantitative estimate of drug-likeness (QED) is 0.886. The molecule has 1 fully saturated rings. The van der Waals surface area contributed by atoms with E-state index in [1.165, 1.54) is 16.7 Å². The fourth-order valence-electron chi connectivity index (χ4n) is 2.93. The van der Waals surface area contributed by atoms with Crippen molar-refractivity contribution in [3.8, 4) is 0 Å². The topological polar surface area (TPSA) is 38.5 Å². The largest absolute Gasteiger partial charge is 0.383 e. The summed E-state index contributed by atoms with van der Waals surface area (Å²) in [4.78, 5) is 2.45. The van der Waals surface area contributed by atoms with Crippen LogP contribution in [-0.2, 0) is 4.74 Å². The Hall–Kier alpha value is -0.900. The molecule has 2 N–H and O–H groups in total. The van der Waals surface area contributed by atoms with Gasteiger partial charge in [-0.1, -0.05) is 23.8 Å². The molecule has 0 bridgehead atoms. The lowest BCUT2D eigenvalue weighted by Crippen LogP contribution is -2.34. The minimum absolute atomic E-state index is 0.239. The van der Waals surface area contributed by atoms with Crippen LogP contribution < -0.4 is 5.73 Å². The number of methoxy groups -OCH3 is 1. The maximum Gasteiger partial charge on any atom is 0.0589 e. The van der Waals surface area contributed by atoms with Gasteiger partial charge in [0, 0.05) is 26.2 Å². The van der Waals surface area contributed by atoms with Crippen LogP contribution in [0.4, 0.5) is 0 Å². The van der Waals surface area contributed by atoms with Crippen molar-refractivity contribution in [2.24, 2.45) is 5.73 Å². The van der Waals surface area contributed by atoms with Crippen LogP contribution in [0.25, 0.3) is 0 Å². The number of ether oxygens (including phenoxy) is 1. The number of nitrogens with two attached hydrogens (primary N) is 1.